The molecule has 1 aliphatic heterocycles. The van der Waals surface area contributed by atoms with Gasteiger partial charge in [0, 0.05) is 12.6 Å². The van der Waals surface area contributed by atoms with E-state index in [-0.39, 0.29) is 17.9 Å². The Morgan fingerprint density at radius 1 is 1.26 bits per heavy atom. The first kappa shape index (κ1) is 16.5. The highest BCUT2D eigenvalue weighted by Gasteiger charge is 2.42. The molecule has 0 bridgehead atoms. The molecule has 2 fully saturated rings. The van der Waals surface area contributed by atoms with Crippen LogP contribution in [0.4, 0.5) is 0 Å². The van der Waals surface area contributed by atoms with Gasteiger partial charge in [0.05, 0.1) is 19.1 Å². The molecule has 1 aromatic carbocycles. The molecule has 2 aliphatic rings. The van der Waals surface area contributed by atoms with Crippen molar-refractivity contribution in [2.45, 2.75) is 44.2 Å². The number of aliphatic hydroxyl groups is 1. The third kappa shape index (κ3) is 3.43. The van der Waals surface area contributed by atoms with Gasteiger partial charge < -0.3 is 9.84 Å². The predicted molar refractivity (Wildman–Crippen MR) is 89.1 cm³/mol. The molecule has 23 heavy (non-hydrogen) atoms. The summed E-state index contributed by atoms with van der Waals surface area (Å²) < 4.78 is 4.85. The maximum absolute atomic E-state index is 11.7. The lowest BCUT2D eigenvalue weighted by Crippen LogP contribution is -2.47. The average molecular weight is 317 g/mol. The fraction of sp³-hybridized carbons (Fsp3) is 0.632. The second-order valence-electron chi connectivity index (χ2n) is 7.10. The summed E-state index contributed by atoms with van der Waals surface area (Å²) in [5.74, 6) is 0.804. The normalized spacial score (nSPS) is 35.2. The quantitative estimate of drug-likeness (QED) is 0.870. The van der Waals surface area contributed by atoms with Crippen LogP contribution in [0.25, 0.3) is 0 Å². The van der Waals surface area contributed by atoms with E-state index < -0.39 is 6.10 Å². The number of benzene rings is 1. The molecule has 1 saturated heterocycles. The van der Waals surface area contributed by atoms with E-state index in [9.17, 15) is 9.90 Å². The van der Waals surface area contributed by atoms with E-state index in [0.717, 1.165) is 25.9 Å². The second kappa shape index (κ2) is 7.02. The zero-order valence-corrected chi connectivity index (χ0v) is 14.0. The van der Waals surface area contributed by atoms with Crippen molar-refractivity contribution in [1.29, 1.82) is 0 Å². The van der Waals surface area contributed by atoms with Crippen LogP contribution in [-0.4, -0.2) is 48.3 Å². The topological polar surface area (TPSA) is 49.8 Å². The lowest BCUT2D eigenvalue weighted by atomic mass is 9.81. The number of piperidine rings is 1. The minimum atomic E-state index is -0.417. The summed E-state index contributed by atoms with van der Waals surface area (Å²) in [7, 11) is 1.43. The monoisotopic (exact) mass is 317 g/mol. The first-order valence-electron chi connectivity index (χ1n) is 8.65. The molecule has 1 N–H and O–H groups in total. The summed E-state index contributed by atoms with van der Waals surface area (Å²) in [6.07, 6.45) is 1.94. The van der Waals surface area contributed by atoms with Gasteiger partial charge in [-0.1, -0.05) is 37.3 Å². The van der Waals surface area contributed by atoms with Crippen LogP contribution in [0.1, 0.15) is 37.7 Å². The molecule has 0 unspecified atom stereocenters. The lowest BCUT2D eigenvalue weighted by molar-refractivity contribution is -0.145. The molecule has 1 saturated carbocycles. The van der Waals surface area contributed by atoms with Crippen molar-refractivity contribution in [1.82, 2.24) is 4.90 Å². The third-order valence-corrected chi connectivity index (χ3v) is 5.66. The zero-order chi connectivity index (χ0) is 16.4. The minimum absolute atomic E-state index is 0.0956. The van der Waals surface area contributed by atoms with Crippen molar-refractivity contribution in [3.8, 4) is 0 Å². The van der Waals surface area contributed by atoms with Crippen LogP contribution >= 0.6 is 0 Å². The maximum atomic E-state index is 11.7. The van der Waals surface area contributed by atoms with E-state index in [4.69, 9.17) is 4.74 Å². The first-order chi connectivity index (χ1) is 11.1. The van der Waals surface area contributed by atoms with Gasteiger partial charge in [0.2, 0.25) is 0 Å². The standard InChI is InChI=1S/C19H27NO3/c1-13-12-20(9-8-16(13)14-6-4-3-5-7-14)17-10-15(11-18(17)21)19(22)23-2/h3-7,13,15-18,21H,8-12H2,1-2H3/t13-,15+,16+,17-,18+/m1/s1. The number of hydrogen-bond acceptors (Lipinski definition) is 4. The van der Waals surface area contributed by atoms with Crippen molar-refractivity contribution in [2.75, 3.05) is 20.2 Å². The Morgan fingerprint density at radius 2 is 2.00 bits per heavy atom. The van der Waals surface area contributed by atoms with Crippen molar-refractivity contribution >= 4 is 5.97 Å². The molecule has 4 nitrogen and oxygen atoms in total. The van der Waals surface area contributed by atoms with Crippen LogP contribution in [0.3, 0.4) is 0 Å². The van der Waals surface area contributed by atoms with Crippen LogP contribution in [0.15, 0.2) is 30.3 Å². The molecule has 1 aromatic rings. The Hall–Kier alpha value is -1.39. The van der Waals surface area contributed by atoms with Crippen molar-refractivity contribution in [3.05, 3.63) is 35.9 Å². The molecular weight excluding hydrogens is 290 g/mol. The molecule has 1 heterocycles. The number of ether oxygens (including phenoxy) is 1. The van der Waals surface area contributed by atoms with Gasteiger partial charge in [0.15, 0.2) is 0 Å². The molecule has 4 heteroatoms. The number of nitrogens with zero attached hydrogens (tertiary/aromatic N) is 1. The molecule has 0 aromatic heterocycles. The van der Waals surface area contributed by atoms with Crippen LogP contribution in [-0.2, 0) is 9.53 Å². The molecular formula is C19H27NO3. The van der Waals surface area contributed by atoms with Gasteiger partial charge in [-0.05, 0) is 43.2 Å². The second-order valence-corrected chi connectivity index (χ2v) is 7.10. The molecule has 3 rings (SSSR count). The Balaban J connectivity index is 1.63. The summed E-state index contributed by atoms with van der Waals surface area (Å²) >= 11 is 0. The van der Waals surface area contributed by atoms with Gasteiger partial charge in [-0.25, -0.2) is 0 Å². The Bertz CT molecular complexity index is 533. The summed E-state index contributed by atoms with van der Waals surface area (Å²) in [4.78, 5) is 14.1. The number of carbonyl (C=O) groups is 1. The van der Waals surface area contributed by atoms with E-state index in [2.05, 4.69) is 42.2 Å². The highest BCUT2D eigenvalue weighted by Crippen LogP contribution is 2.37. The molecule has 0 spiro atoms. The predicted octanol–water partition coefficient (Wildman–Crippen LogP) is 2.42. The summed E-state index contributed by atoms with van der Waals surface area (Å²) in [5, 5.41) is 10.4. The fourth-order valence-corrected chi connectivity index (χ4v) is 4.42. The van der Waals surface area contributed by atoms with Crippen molar-refractivity contribution < 1.29 is 14.6 Å². The van der Waals surface area contributed by atoms with Gasteiger partial charge in [0.1, 0.15) is 0 Å². The number of likely N-dealkylation sites (tertiary alicyclic amines) is 1. The maximum Gasteiger partial charge on any atom is 0.308 e. The molecule has 0 radical (unpaired) electrons. The van der Waals surface area contributed by atoms with Crippen LogP contribution in [0.5, 0.6) is 0 Å². The number of hydrogen-bond donors (Lipinski definition) is 1. The third-order valence-electron chi connectivity index (χ3n) is 5.66. The molecule has 5 atom stereocenters. The Morgan fingerprint density at radius 3 is 2.65 bits per heavy atom. The molecule has 0 amide bonds. The average Bonchev–Trinajstić information content (AvgIpc) is 2.96. The van der Waals surface area contributed by atoms with Crippen LogP contribution in [0.2, 0.25) is 0 Å². The molecule has 126 valence electrons. The fourth-order valence-electron chi connectivity index (χ4n) is 4.42. The highest BCUT2D eigenvalue weighted by atomic mass is 16.5. The zero-order valence-electron chi connectivity index (χ0n) is 14.0. The van der Waals surface area contributed by atoms with Gasteiger partial charge in [-0.15, -0.1) is 0 Å². The molecule has 1 aliphatic carbocycles. The van der Waals surface area contributed by atoms with Gasteiger partial charge >= 0.3 is 5.97 Å². The number of carbonyl (C=O) groups excluding carboxylic acids is 1. The van der Waals surface area contributed by atoms with Crippen LogP contribution in [0, 0.1) is 11.8 Å². The van der Waals surface area contributed by atoms with E-state index in [1.165, 1.54) is 12.7 Å². The van der Waals surface area contributed by atoms with Crippen molar-refractivity contribution in [2.24, 2.45) is 11.8 Å². The van der Waals surface area contributed by atoms with E-state index in [0.29, 0.717) is 18.3 Å². The minimum Gasteiger partial charge on any atom is -0.469 e. The largest absolute Gasteiger partial charge is 0.469 e. The van der Waals surface area contributed by atoms with E-state index in [1.54, 1.807) is 0 Å². The smallest absolute Gasteiger partial charge is 0.308 e. The number of aliphatic hydroxyl groups excluding tert-OH is 1. The lowest BCUT2D eigenvalue weighted by Gasteiger charge is -2.41. The van der Waals surface area contributed by atoms with E-state index >= 15 is 0 Å². The highest BCUT2D eigenvalue weighted by molar-refractivity contribution is 5.72. The van der Waals surface area contributed by atoms with Crippen molar-refractivity contribution in [3.63, 3.8) is 0 Å². The first-order valence-corrected chi connectivity index (χ1v) is 8.65. The Kier molecular flexibility index (Phi) is 5.02. The van der Waals surface area contributed by atoms with Crippen LogP contribution < -0.4 is 0 Å². The van der Waals surface area contributed by atoms with E-state index in [1.807, 2.05) is 0 Å². The number of esters is 1. The van der Waals surface area contributed by atoms with Gasteiger partial charge in [-0.3, -0.25) is 9.69 Å². The summed E-state index contributed by atoms with van der Waals surface area (Å²) in [6.45, 7) is 4.26. The Labute approximate surface area is 138 Å². The number of methoxy groups -OCH3 is 1. The van der Waals surface area contributed by atoms with Gasteiger partial charge in [-0.2, -0.15) is 0 Å². The summed E-state index contributed by atoms with van der Waals surface area (Å²) in [6, 6.07) is 10.8. The number of rotatable bonds is 3. The SMILES string of the molecule is COC(=O)[C@H]1C[C@@H](N2CC[C@H](c3ccccc3)[C@H](C)C2)[C@@H](O)C1. The van der Waals surface area contributed by atoms with Gasteiger partial charge in [0.25, 0.3) is 0 Å². The summed E-state index contributed by atoms with van der Waals surface area (Å²) in [5.41, 5.74) is 1.42.